The van der Waals surface area contributed by atoms with Crippen LogP contribution in [-0.4, -0.2) is 67.8 Å². The van der Waals surface area contributed by atoms with Gasteiger partial charge in [-0.25, -0.2) is 0 Å². The first kappa shape index (κ1) is 23.1. The van der Waals surface area contributed by atoms with Gasteiger partial charge in [0.05, 0.1) is 13.1 Å². The lowest BCUT2D eigenvalue weighted by molar-refractivity contribution is -0.128. The maximum atomic E-state index is 12.2. The van der Waals surface area contributed by atoms with Gasteiger partial charge in [0.1, 0.15) is 0 Å². The van der Waals surface area contributed by atoms with Gasteiger partial charge in [0.25, 0.3) is 0 Å². The molecule has 5 nitrogen and oxygen atoms in total. The Balaban J connectivity index is 4.41. The Morgan fingerprint density at radius 2 is 1.38 bits per heavy atom. The molecule has 0 aromatic carbocycles. The van der Waals surface area contributed by atoms with Gasteiger partial charge >= 0.3 is 0 Å². The first-order valence-corrected chi connectivity index (χ1v) is 8.73. The zero-order valence-corrected chi connectivity index (χ0v) is 17.5. The molecule has 0 spiro atoms. The van der Waals surface area contributed by atoms with Crippen molar-refractivity contribution in [3.63, 3.8) is 0 Å². The summed E-state index contributed by atoms with van der Waals surface area (Å²) >= 11 is 0. The molecule has 142 valence electrons. The van der Waals surface area contributed by atoms with Crippen LogP contribution < -0.4 is 5.32 Å². The molecule has 1 amide bonds. The van der Waals surface area contributed by atoms with E-state index in [1.54, 1.807) is 4.90 Å². The predicted molar refractivity (Wildman–Crippen MR) is 101 cm³/mol. The second-order valence-electron chi connectivity index (χ2n) is 9.67. The molecule has 0 aromatic rings. The number of rotatable bonds is 9. The standard InChI is InChI=1S/C19H39N3O2/c1-17(2,3)15(23)11-22(10)12-16(24)20-14-18(4,5)13-19(6,7)21(8)9/h11-14H2,1-10H3,(H,20,24). The van der Waals surface area contributed by atoms with E-state index in [0.717, 1.165) is 6.42 Å². The molecule has 0 aliphatic rings. The molecular weight excluding hydrogens is 302 g/mol. The highest BCUT2D eigenvalue weighted by atomic mass is 16.2. The monoisotopic (exact) mass is 341 g/mol. The van der Waals surface area contributed by atoms with E-state index in [4.69, 9.17) is 0 Å². The van der Waals surface area contributed by atoms with Crippen LogP contribution in [0.15, 0.2) is 0 Å². The molecular formula is C19H39N3O2. The Bertz CT molecular complexity index is 434. The van der Waals surface area contributed by atoms with Gasteiger partial charge in [-0.15, -0.1) is 0 Å². The van der Waals surface area contributed by atoms with Crippen molar-refractivity contribution in [3.8, 4) is 0 Å². The van der Waals surface area contributed by atoms with E-state index in [0.29, 0.717) is 13.1 Å². The molecule has 0 rings (SSSR count). The third-order valence-corrected chi connectivity index (χ3v) is 4.55. The molecule has 24 heavy (non-hydrogen) atoms. The highest BCUT2D eigenvalue weighted by Crippen LogP contribution is 2.29. The van der Waals surface area contributed by atoms with Crippen LogP contribution in [0.25, 0.3) is 0 Å². The number of nitrogens with one attached hydrogen (secondary N) is 1. The van der Waals surface area contributed by atoms with Gasteiger partial charge in [0.15, 0.2) is 5.78 Å². The summed E-state index contributed by atoms with van der Waals surface area (Å²) in [4.78, 5) is 28.2. The van der Waals surface area contributed by atoms with E-state index in [2.05, 4.69) is 52.0 Å². The Morgan fingerprint density at radius 3 is 1.79 bits per heavy atom. The van der Waals surface area contributed by atoms with Crippen LogP contribution in [0.2, 0.25) is 0 Å². The van der Waals surface area contributed by atoms with Crippen LogP contribution in [0.1, 0.15) is 54.9 Å². The molecule has 0 unspecified atom stereocenters. The first-order valence-electron chi connectivity index (χ1n) is 8.73. The van der Waals surface area contributed by atoms with Crippen LogP contribution in [0.4, 0.5) is 0 Å². The molecule has 0 aliphatic carbocycles. The zero-order chi connectivity index (χ0) is 19.3. The molecule has 1 N–H and O–H groups in total. The molecule has 0 saturated heterocycles. The molecule has 0 bridgehead atoms. The smallest absolute Gasteiger partial charge is 0.234 e. The van der Waals surface area contributed by atoms with Gasteiger partial charge in [0.2, 0.25) is 5.91 Å². The van der Waals surface area contributed by atoms with E-state index in [1.165, 1.54) is 0 Å². The van der Waals surface area contributed by atoms with Gasteiger partial charge in [0, 0.05) is 17.5 Å². The minimum atomic E-state index is -0.371. The highest BCUT2D eigenvalue weighted by molar-refractivity contribution is 5.86. The number of amides is 1. The maximum absolute atomic E-state index is 12.2. The van der Waals surface area contributed by atoms with Crippen LogP contribution in [0.3, 0.4) is 0 Å². The van der Waals surface area contributed by atoms with Crippen molar-refractivity contribution >= 4 is 11.7 Å². The molecule has 0 aliphatic heterocycles. The van der Waals surface area contributed by atoms with Crippen molar-refractivity contribution in [2.75, 3.05) is 40.8 Å². The summed E-state index contributed by atoms with van der Waals surface area (Å²) in [5.41, 5.74) is -0.294. The summed E-state index contributed by atoms with van der Waals surface area (Å²) in [6.07, 6.45) is 0.978. The lowest BCUT2D eigenvalue weighted by atomic mass is 9.79. The maximum Gasteiger partial charge on any atom is 0.234 e. The van der Waals surface area contributed by atoms with Gasteiger partial charge < -0.3 is 10.2 Å². The topological polar surface area (TPSA) is 52.7 Å². The lowest BCUT2D eigenvalue weighted by Gasteiger charge is -2.39. The van der Waals surface area contributed by atoms with Crippen LogP contribution in [0.5, 0.6) is 0 Å². The van der Waals surface area contributed by atoms with Gasteiger partial charge in [-0.2, -0.15) is 0 Å². The summed E-state index contributed by atoms with van der Waals surface area (Å²) < 4.78 is 0. The predicted octanol–water partition coefficient (Wildman–Crippen LogP) is 2.41. The van der Waals surface area contributed by atoms with Crippen molar-refractivity contribution in [1.29, 1.82) is 0 Å². The number of carbonyl (C=O) groups is 2. The Morgan fingerprint density at radius 1 is 0.875 bits per heavy atom. The van der Waals surface area contributed by atoms with E-state index >= 15 is 0 Å². The number of hydrogen-bond donors (Lipinski definition) is 1. The zero-order valence-electron chi connectivity index (χ0n) is 17.5. The van der Waals surface area contributed by atoms with E-state index in [-0.39, 0.29) is 34.6 Å². The summed E-state index contributed by atoms with van der Waals surface area (Å²) in [5, 5.41) is 3.02. The van der Waals surface area contributed by atoms with Crippen molar-refractivity contribution in [2.24, 2.45) is 10.8 Å². The highest BCUT2D eigenvalue weighted by Gasteiger charge is 2.31. The second-order valence-corrected chi connectivity index (χ2v) is 9.67. The summed E-state index contributed by atoms with van der Waals surface area (Å²) in [6, 6.07) is 0. The van der Waals surface area contributed by atoms with E-state index < -0.39 is 0 Å². The number of nitrogens with zero attached hydrogens (tertiary/aromatic N) is 2. The van der Waals surface area contributed by atoms with Crippen molar-refractivity contribution in [2.45, 2.75) is 60.4 Å². The average molecular weight is 342 g/mol. The Hall–Kier alpha value is -0.940. The van der Waals surface area contributed by atoms with Crippen LogP contribution in [0, 0.1) is 10.8 Å². The molecule has 0 saturated carbocycles. The molecule has 0 fully saturated rings. The number of ketones is 1. The van der Waals surface area contributed by atoms with E-state index in [1.807, 2.05) is 27.8 Å². The number of carbonyl (C=O) groups excluding carboxylic acids is 2. The summed E-state index contributed by atoms with van der Waals surface area (Å²) in [6.45, 7) is 15.6. The third-order valence-electron chi connectivity index (χ3n) is 4.55. The van der Waals surface area contributed by atoms with Gasteiger partial charge in [-0.1, -0.05) is 34.6 Å². The molecule has 5 heteroatoms. The SMILES string of the molecule is CN(CC(=O)NCC(C)(C)CC(C)(C)N(C)C)CC(=O)C(C)(C)C. The average Bonchev–Trinajstić information content (AvgIpc) is 2.33. The van der Waals surface area contributed by atoms with Gasteiger partial charge in [-0.05, 0) is 46.8 Å². The summed E-state index contributed by atoms with van der Waals surface area (Å²) in [7, 11) is 5.97. The molecule has 0 atom stereocenters. The quantitative estimate of drug-likeness (QED) is 0.700. The van der Waals surface area contributed by atoms with E-state index in [9.17, 15) is 9.59 Å². The minimum Gasteiger partial charge on any atom is -0.354 e. The molecule has 0 aromatic heterocycles. The molecule has 0 radical (unpaired) electrons. The Labute approximate surface area is 149 Å². The second kappa shape index (κ2) is 8.43. The fourth-order valence-corrected chi connectivity index (χ4v) is 2.57. The lowest BCUT2D eigenvalue weighted by Crippen LogP contribution is -2.46. The van der Waals surface area contributed by atoms with Crippen molar-refractivity contribution < 1.29 is 9.59 Å². The van der Waals surface area contributed by atoms with Crippen molar-refractivity contribution in [3.05, 3.63) is 0 Å². The largest absolute Gasteiger partial charge is 0.354 e. The number of hydrogen-bond acceptors (Lipinski definition) is 4. The fraction of sp³-hybridized carbons (Fsp3) is 0.895. The summed E-state index contributed by atoms with van der Waals surface area (Å²) in [5.74, 6) is 0.112. The number of Topliss-reactive ketones (excluding diaryl/α,β-unsaturated/α-hetero) is 1. The molecule has 0 heterocycles. The Kier molecular flexibility index (Phi) is 8.10. The minimum absolute atomic E-state index is 0.00320. The van der Waals surface area contributed by atoms with Gasteiger partial charge in [-0.3, -0.25) is 14.5 Å². The third kappa shape index (κ3) is 8.78. The van der Waals surface area contributed by atoms with Crippen LogP contribution >= 0.6 is 0 Å². The normalized spacial score (nSPS) is 13.5. The van der Waals surface area contributed by atoms with Crippen LogP contribution in [-0.2, 0) is 9.59 Å². The fourth-order valence-electron chi connectivity index (χ4n) is 2.57. The first-order chi connectivity index (χ1) is 10.6. The number of likely N-dealkylation sites (N-methyl/N-ethyl adjacent to an activating group) is 1. The van der Waals surface area contributed by atoms with Crippen molar-refractivity contribution in [1.82, 2.24) is 15.1 Å².